The van der Waals surface area contributed by atoms with E-state index in [9.17, 15) is 9.59 Å². The van der Waals surface area contributed by atoms with Gasteiger partial charge in [-0.2, -0.15) is 0 Å². The molecule has 0 fully saturated rings. The van der Waals surface area contributed by atoms with Crippen LogP contribution in [0, 0.1) is 0 Å². The van der Waals surface area contributed by atoms with Crippen molar-refractivity contribution in [2.24, 2.45) is 0 Å². The maximum absolute atomic E-state index is 12.9. The second-order valence-corrected chi connectivity index (χ2v) is 6.98. The first kappa shape index (κ1) is 16.7. The fourth-order valence-electron chi connectivity index (χ4n) is 2.98. The van der Waals surface area contributed by atoms with E-state index in [1.165, 1.54) is 16.2 Å². The van der Waals surface area contributed by atoms with Gasteiger partial charge in [-0.25, -0.2) is 0 Å². The summed E-state index contributed by atoms with van der Waals surface area (Å²) < 4.78 is 10.7. The van der Waals surface area contributed by atoms with E-state index in [0.717, 1.165) is 17.7 Å². The average molecular weight is 370 g/mol. The number of fused-ring (bicyclic) bond motifs is 1. The Bertz CT molecular complexity index is 889. The van der Waals surface area contributed by atoms with Gasteiger partial charge in [-0.1, -0.05) is 19.4 Å². The normalized spacial score (nSPS) is 16.0. The van der Waals surface area contributed by atoms with E-state index in [-0.39, 0.29) is 18.6 Å². The molecular weight excluding hydrogens is 352 g/mol. The van der Waals surface area contributed by atoms with E-state index in [1.54, 1.807) is 18.2 Å². The second-order valence-electron chi connectivity index (χ2n) is 6.04. The molecule has 1 aromatic heterocycles. The quantitative estimate of drug-likeness (QED) is 0.789. The van der Waals surface area contributed by atoms with Crippen molar-refractivity contribution in [2.75, 3.05) is 18.7 Å². The van der Waals surface area contributed by atoms with Gasteiger partial charge < -0.3 is 14.8 Å². The first-order chi connectivity index (χ1) is 12.7. The fraction of sp³-hybridized carbons (Fsp3) is 0.263. The molecule has 0 aliphatic carbocycles. The highest BCUT2D eigenvalue weighted by Gasteiger charge is 2.39. The SMILES string of the molecule is CCCCN1C(=O)C(Nc2ccc3c(c2)OCO3)=C(c2cccs2)C1=O. The third-order valence-corrected chi connectivity index (χ3v) is 5.20. The van der Waals surface area contributed by atoms with Crippen LogP contribution in [-0.2, 0) is 9.59 Å². The summed E-state index contributed by atoms with van der Waals surface area (Å²) in [7, 11) is 0. The number of hydrogen-bond donors (Lipinski definition) is 1. The summed E-state index contributed by atoms with van der Waals surface area (Å²) in [5.74, 6) is 0.757. The summed E-state index contributed by atoms with van der Waals surface area (Å²) in [5.41, 5.74) is 1.42. The highest BCUT2D eigenvalue weighted by molar-refractivity contribution is 7.11. The van der Waals surface area contributed by atoms with Crippen molar-refractivity contribution in [3.05, 3.63) is 46.3 Å². The highest BCUT2D eigenvalue weighted by Crippen LogP contribution is 2.37. The van der Waals surface area contributed by atoms with Gasteiger partial charge >= 0.3 is 0 Å². The predicted octanol–water partition coefficient (Wildman–Crippen LogP) is 3.47. The van der Waals surface area contributed by atoms with Gasteiger partial charge in [0, 0.05) is 23.2 Å². The van der Waals surface area contributed by atoms with Gasteiger partial charge in [0.15, 0.2) is 11.5 Å². The third-order valence-electron chi connectivity index (χ3n) is 4.31. The van der Waals surface area contributed by atoms with Gasteiger partial charge in [0.05, 0.1) is 5.57 Å². The third kappa shape index (κ3) is 2.84. The molecule has 3 heterocycles. The maximum atomic E-state index is 12.9. The van der Waals surface area contributed by atoms with Gasteiger partial charge in [0.2, 0.25) is 6.79 Å². The highest BCUT2D eigenvalue weighted by atomic mass is 32.1. The first-order valence-corrected chi connectivity index (χ1v) is 9.38. The lowest BCUT2D eigenvalue weighted by Gasteiger charge is -2.14. The fourth-order valence-corrected chi connectivity index (χ4v) is 3.75. The zero-order chi connectivity index (χ0) is 18.1. The predicted molar refractivity (Wildman–Crippen MR) is 99.1 cm³/mol. The molecule has 0 spiro atoms. The molecule has 1 N–H and O–H groups in total. The van der Waals surface area contributed by atoms with E-state index in [4.69, 9.17) is 9.47 Å². The molecule has 2 amide bonds. The minimum absolute atomic E-state index is 0.185. The molecule has 0 saturated heterocycles. The molecule has 2 aliphatic rings. The van der Waals surface area contributed by atoms with Crippen LogP contribution in [0.4, 0.5) is 5.69 Å². The van der Waals surface area contributed by atoms with Crippen molar-refractivity contribution in [1.82, 2.24) is 4.90 Å². The van der Waals surface area contributed by atoms with Crippen LogP contribution in [-0.4, -0.2) is 30.1 Å². The molecule has 2 aromatic rings. The summed E-state index contributed by atoms with van der Waals surface area (Å²) in [6.07, 6.45) is 1.70. The van der Waals surface area contributed by atoms with E-state index >= 15 is 0 Å². The molecule has 2 aliphatic heterocycles. The standard InChI is InChI=1S/C19H18N2O4S/c1-2-3-8-21-18(22)16(15-5-4-9-26-15)17(19(21)23)20-12-6-7-13-14(10-12)25-11-24-13/h4-7,9-10,20H,2-3,8,11H2,1H3. The molecule has 134 valence electrons. The average Bonchev–Trinajstić information content (AvgIpc) is 3.36. The number of nitrogens with one attached hydrogen (secondary N) is 1. The van der Waals surface area contributed by atoms with Gasteiger partial charge in [-0.05, 0) is 30.0 Å². The van der Waals surface area contributed by atoms with Gasteiger partial charge in [-0.3, -0.25) is 14.5 Å². The number of anilines is 1. The van der Waals surface area contributed by atoms with Crippen LogP contribution in [0.15, 0.2) is 41.4 Å². The van der Waals surface area contributed by atoms with Crippen LogP contribution in [0.5, 0.6) is 11.5 Å². The Morgan fingerprint density at radius 2 is 2.00 bits per heavy atom. The number of amides is 2. The number of ether oxygens (including phenoxy) is 2. The van der Waals surface area contributed by atoms with Crippen molar-refractivity contribution in [1.29, 1.82) is 0 Å². The molecule has 6 nitrogen and oxygen atoms in total. The Morgan fingerprint density at radius 3 is 2.77 bits per heavy atom. The smallest absolute Gasteiger partial charge is 0.278 e. The molecule has 7 heteroatoms. The van der Waals surface area contributed by atoms with E-state index in [1.807, 2.05) is 24.4 Å². The van der Waals surface area contributed by atoms with Crippen molar-refractivity contribution in [3.63, 3.8) is 0 Å². The molecule has 0 radical (unpaired) electrons. The number of carbonyl (C=O) groups excluding carboxylic acids is 2. The summed E-state index contributed by atoms with van der Waals surface area (Å²) in [4.78, 5) is 27.9. The van der Waals surface area contributed by atoms with E-state index in [2.05, 4.69) is 5.32 Å². The summed E-state index contributed by atoms with van der Waals surface area (Å²) in [5, 5.41) is 5.03. The largest absolute Gasteiger partial charge is 0.454 e. The van der Waals surface area contributed by atoms with Crippen LogP contribution in [0.2, 0.25) is 0 Å². The Morgan fingerprint density at radius 1 is 1.15 bits per heavy atom. The second kappa shape index (κ2) is 6.84. The van der Waals surface area contributed by atoms with Crippen molar-refractivity contribution in [3.8, 4) is 11.5 Å². The lowest BCUT2D eigenvalue weighted by atomic mass is 10.2. The van der Waals surface area contributed by atoms with Crippen LogP contribution in [0.1, 0.15) is 24.6 Å². The zero-order valence-electron chi connectivity index (χ0n) is 14.3. The molecule has 0 saturated carbocycles. The Hall–Kier alpha value is -2.80. The Balaban J connectivity index is 1.69. The Labute approximate surface area is 155 Å². The molecule has 0 atom stereocenters. The number of nitrogens with zero attached hydrogens (tertiary/aromatic N) is 1. The number of benzene rings is 1. The van der Waals surface area contributed by atoms with Crippen molar-refractivity contribution < 1.29 is 19.1 Å². The molecule has 0 unspecified atom stereocenters. The zero-order valence-corrected chi connectivity index (χ0v) is 15.1. The number of carbonyl (C=O) groups is 2. The van der Waals surface area contributed by atoms with Crippen LogP contribution < -0.4 is 14.8 Å². The number of thiophene rings is 1. The summed E-state index contributed by atoms with van der Waals surface area (Å²) >= 11 is 1.44. The lowest BCUT2D eigenvalue weighted by Crippen LogP contribution is -2.33. The number of imide groups is 1. The Kier molecular flexibility index (Phi) is 4.38. The number of hydrogen-bond acceptors (Lipinski definition) is 6. The minimum Gasteiger partial charge on any atom is -0.454 e. The van der Waals surface area contributed by atoms with Gasteiger partial charge in [-0.15, -0.1) is 11.3 Å². The molecule has 0 bridgehead atoms. The molecule has 1 aromatic carbocycles. The van der Waals surface area contributed by atoms with E-state index in [0.29, 0.717) is 35.0 Å². The van der Waals surface area contributed by atoms with Crippen LogP contribution >= 0.6 is 11.3 Å². The summed E-state index contributed by atoms with van der Waals surface area (Å²) in [6, 6.07) is 9.09. The lowest BCUT2D eigenvalue weighted by molar-refractivity contribution is -0.136. The number of unbranched alkanes of at least 4 members (excludes halogenated alkanes) is 1. The van der Waals surface area contributed by atoms with Gasteiger partial charge in [0.25, 0.3) is 11.8 Å². The first-order valence-electron chi connectivity index (χ1n) is 8.50. The molecule has 4 rings (SSSR count). The maximum Gasteiger partial charge on any atom is 0.278 e. The van der Waals surface area contributed by atoms with Crippen LogP contribution in [0.25, 0.3) is 5.57 Å². The van der Waals surface area contributed by atoms with E-state index < -0.39 is 0 Å². The topological polar surface area (TPSA) is 67.9 Å². The number of rotatable bonds is 6. The van der Waals surface area contributed by atoms with Crippen molar-refractivity contribution >= 4 is 34.4 Å². The van der Waals surface area contributed by atoms with Crippen LogP contribution in [0.3, 0.4) is 0 Å². The molecule has 26 heavy (non-hydrogen) atoms. The van der Waals surface area contributed by atoms with Crippen molar-refractivity contribution in [2.45, 2.75) is 19.8 Å². The monoisotopic (exact) mass is 370 g/mol. The molecular formula is C19H18N2O4S. The summed E-state index contributed by atoms with van der Waals surface area (Å²) in [6.45, 7) is 2.64. The van der Waals surface area contributed by atoms with Gasteiger partial charge in [0.1, 0.15) is 5.70 Å². The minimum atomic E-state index is -0.287.